The van der Waals surface area contributed by atoms with Gasteiger partial charge in [-0.1, -0.05) is 11.6 Å². The van der Waals surface area contributed by atoms with E-state index in [1.807, 2.05) is 13.0 Å². The maximum absolute atomic E-state index is 11.7. The third-order valence-corrected chi connectivity index (χ3v) is 4.20. The summed E-state index contributed by atoms with van der Waals surface area (Å²) >= 11 is 6.08. The summed E-state index contributed by atoms with van der Waals surface area (Å²) in [7, 11) is 3.10. The number of carboxylic acid groups (broad SMARTS) is 1. The van der Waals surface area contributed by atoms with Gasteiger partial charge in [-0.25, -0.2) is 9.78 Å². The van der Waals surface area contributed by atoms with Gasteiger partial charge >= 0.3 is 5.97 Å². The summed E-state index contributed by atoms with van der Waals surface area (Å²) in [6.07, 6.45) is 0. The summed E-state index contributed by atoms with van der Waals surface area (Å²) in [4.78, 5) is 16.4. The first kappa shape index (κ1) is 17.0. The normalized spacial score (nSPS) is 10.7. The predicted molar refractivity (Wildman–Crippen MR) is 97.0 cm³/mol. The minimum atomic E-state index is -1.03. The highest BCUT2D eigenvalue weighted by atomic mass is 35.5. The van der Waals surface area contributed by atoms with Gasteiger partial charge in [0.15, 0.2) is 11.5 Å². The maximum atomic E-state index is 11.7. The van der Waals surface area contributed by atoms with E-state index in [1.54, 1.807) is 44.6 Å². The van der Waals surface area contributed by atoms with E-state index < -0.39 is 5.97 Å². The Labute approximate surface area is 149 Å². The molecule has 0 spiro atoms. The van der Waals surface area contributed by atoms with Gasteiger partial charge in [0.05, 0.1) is 31.0 Å². The Morgan fingerprint density at radius 2 is 1.80 bits per heavy atom. The van der Waals surface area contributed by atoms with Crippen molar-refractivity contribution in [2.24, 2.45) is 0 Å². The average molecular weight is 358 g/mol. The van der Waals surface area contributed by atoms with Crippen LogP contribution in [0.2, 0.25) is 5.02 Å². The molecule has 0 aliphatic rings. The molecule has 1 heterocycles. The standard InChI is InChI=1S/C19H16ClNO4/c1-10-6-12(20)8-13-14(19(22)23)9-15(21-18(10)13)11-4-5-16(24-2)17(7-11)25-3/h4-9H,1-3H3,(H,22,23). The zero-order chi connectivity index (χ0) is 18.1. The van der Waals surface area contributed by atoms with Crippen molar-refractivity contribution in [2.75, 3.05) is 14.2 Å². The van der Waals surface area contributed by atoms with E-state index in [4.69, 9.17) is 21.1 Å². The van der Waals surface area contributed by atoms with Crippen molar-refractivity contribution >= 4 is 28.5 Å². The topological polar surface area (TPSA) is 68.7 Å². The van der Waals surface area contributed by atoms with Crippen molar-refractivity contribution in [3.63, 3.8) is 0 Å². The Morgan fingerprint density at radius 3 is 2.44 bits per heavy atom. The summed E-state index contributed by atoms with van der Waals surface area (Å²) in [5.74, 6) is 0.107. The van der Waals surface area contributed by atoms with Crippen molar-refractivity contribution in [3.05, 3.63) is 52.5 Å². The molecule has 1 N–H and O–H groups in total. The molecule has 25 heavy (non-hydrogen) atoms. The Morgan fingerprint density at radius 1 is 1.08 bits per heavy atom. The molecule has 5 nitrogen and oxygen atoms in total. The van der Waals surface area contributed by atoms with Gasteiger partial charge in [0.2, 0.25) is 0 Å². The first-order valence-electron chi connectivity index (χ1n) is 7.51. The number of hydrogen-bond acceptors (Lipinski definition) is 4. The molecular weight excluding hydrogens is 342 g/mol. The number of carbonyl (C=O) groups is 1. The van der Waals surface area contributed by atoms with E-state index in [1.165, 1.54) is 0 Å². The summed E-state index contributed by atoms with van der Waals surface area (Å²) in [6.45, 7) is 1.85. The van der Waals surface area contributed by atoms with Gasteiger partial charge in [-0.2, -0.15) is 0 Å². The number of fused-ring (bicyclic) bond motifs is 1. The molecule has 2 aromatic carbocycles. The zero-order valence-electron chi connectivity index (χ0n) is 14.0. The van der Waals surface area contributed by atoms with Crippen molar-refractivity contribution in [2.45, 2.75) is 6.92 Å². The lowest BCUT2D eigenvalue weighted by Gasteiger charge is -2.12. The van der Waals surface area contributed by atoms with Gasteiger partial charge in [0, 0.05) is 16.0 Å². The van der Waals surface area contributed by atoms with Crippen molar-refractivity contribution in [1.29, 1.82) is 0 Å². The van der Waals surface area contributed by atoms with Gasteiger partial charge in [0.25, 0.3) is 0 Å². The molecule has 0 fully saturated rings. The summed E-state index contributed by atoms with van der Waals surface area (Å²) < 4.78 is 10.6. The monoisotopic (exact) mass is 357 g/mol. The highest BCUT2D eigenvalue weighted by molar-refractivity contribution is 6.31. The zero-order valence-corrected chi connectivity index (χ0v) is 14.7. The van der Waals surface area contributed by atoms with Crippen LogP contribution in [0.1, 0.15) is 15.9 Å². The largest absolute Gasteiger partial charge is 0.493 e. The number of halogens is 1. The lowest BCUT2D eigenvalue weighted by molar-refractivity contribution is 0.0699. The van der Waals surface area contributed by atoms with Gasteiger partial charge < -0.3 is 14.6 Å². The third kappa shape index (κ3) is 3.10. The lowest BCUT2D eigenvalue weighted by atomic mass is 10.0. The molecule has 3 rings (SSSR count). The molecule has 0 aliphatic carbocycles. The van der Waals surface area contributed by atoms with E-state index in [2.05, 4.69) is 4.98 Å². The number of ether oxygens (including phenoxy) is 2. The van der Waals surface area contributed by atoms with E-state index in [-0.39, 0.29) is 5.56 Å². The predicted octanol–water partition coefficient (Wildman–Crippen LogP) is 4.58. The molecule has 0 unspecified atom stereocenters. The van der Waals surface area contributed by atoms with Crippen LogP contribution in [0.4, 0.5) is 0 Å². The molecule has 0 radical (unpaired) electrons. The smallest absolute Gasteiger partial charge is 0.336 e. The van der Waals surface area contributed by atoms with Crippen molar-refractivity contribution < 1.29 is 19.4 Å². The van der Waals surface area contributed by atoms with Crippen molar-refractivity contribution in [1.82, 2.24) is 4.98 Å². The number of benzene rings is 2. The molecular formula is C19H16ClNO4. The number of carboxylic acids is 1. The summed E-state index contributed by atoms with van der Waals surface area (Å²) in [5.41, 5.74) is 2.84. The number of pyridine rings is 1. The number of nitrogens with zero attached hydrogens (tertiary/aromatic N) is 1. The first-order chi connectivity index (χ1) is 11.9. The van der Waals surface area contributed by atoms with E-state index in [0.29, 0.717) is 33.1 Å². The average Bonchev–Trinajstić information content (AvgIpc) is 2.60. The fourth-order valence-corrected chi connectivity index (χ4v) is 3.05. The first-order valence-corrected chi connectivity index (χ1v) is 7.89. The summed E-state index contributed by atoms with van der Waals surface area (Å²) in [5, 5.41) is 10.6. The second-order valence-corrected chi connectivity index (χ2v) is 5.99. The Bertz CT molecular complexity index is 985. The van der Waals surface area contributed by atoms with E-state index >= 15 is 0 Å². The molecule has 0 saturated carbocycles. The molecule has 0 atom stereocenters. The molecule has 0 saturated heterocycles. The van der Waals surface area contributed by atoms with E-state index in [0.717, 1.165) is 11.1 Å². The lowest BCUT2D eigenvalue weighted by Crippen LogP contribution is -2.01. The molecule has 1 aromatic heterocycles. The van der Waals surface area contributed by atoms with Crippen LogP contribution in [-0.2, 0) is 0 Å². The van der Waals surface area contributed by atoms with E-state index in [9.17, 15) is 9.90 Å². The SMILES string of the molecule is COc1ccc(-c2cc(C(=O)O)c3cc(Cl)cc(C)c3n2)cc1OC. The number of methoxy groups -OCH3 is 2. The van der Waals surface area contributed by atoms with Crippen LogP contribution in [0.5, 0.6) is 11.5 Å². The number of rotatable bonds is 4. The minimum Gasteiger partial charge on any atom is -0.493 e. The van der Waals surface area contributed by atoms with Crippen LogP contribution < -0.4 is 9.47 Å². The second-order valence-electron chi connectivity index (χ2n) is 5.55. The quantitative estimate of drug-likeness (QED) is 0.740. The van der Waals surface area contributed by atoms with Crippen LogP contribution in [0.15, 0.2) is 36.4 Å². The fourth-order valence-electron chi connectivity index (χ4n) is 2.78. The van der Waals surface area contributed by atoms with Crippen LogP contribution in [0.3, 0.4) is 0 Å². The second kappa shape index (κ2) is 6.61. The van der Waals surface area contributed by atoms with Crippen LogP contribution in [0.25, 0.3) is 22.2 Å². The molecule has 0 aliphatic heterocycles. The number of hydrogen-bond donors (Lipinski definition) is 1. The molecule has 0 amide bonds. The van der Waals surface area contributed by atoms with Gasteiger partial charge in [0.1, 0.15) is 0 Å². The Balaban J connectivity index is 2.29. The summed E-state index contributed by atoms with van der Waals surface area (Å²) in [6, 6.07) is 10.3. The highest BCUT2D eigenvalue weighted by Gasteiger charge is 2.16. The van der Waals surface area contributed by atoms with Gasteiger partial charge in [-0.05, 0) is 48.9 Å². The number of aryl methyl sites for hydroxylation is 1. The van der Waals surface area contributed by atoms with Gasteiger partial charge in [-0.15, -0.1) is 0 Å². The van der Waals surface area contributed by atoms with Crippen LogP contribution in [0, 0.1) is 6.92 Å². The fraction of sp³-hybridized carbons (Fsp3) is 0.158. The maximum Gasteiger partial charge on any atom is 0.336 e. The van der Waals surface area contributed by atoms with Crippen LogP contribution >= 0.6 is 11.6 Å². The van der Waals surface area contributed by atoms with Crippen LogP contribution in [-0.4, -0.2) is 30.3 Å². The minimum absolute atomic E-state index is 0.153. The molecule has 3 aromatic rings. The molecule has 0 bridgehead atoms. The number of aromatic carboxylic acids is 1. The number of aromatic nitrogens is 1. The Hall–Kier alpha value is -2.79. The Kier molecular flexibility index (Phi) is 4.51. The third-order valence-electron chi connectivity index (χ3n) is 3.98. The highest BCUT2D eigenvalue weighted by Crippen LogP contribution is 2.34. The van der Waals surface area contributed by atoms with Crippen molar-refractivity contribution in [3.8, 4) is 22.8 Å². The molecule has 6 heteroatoms. The molecule has 128 valence electrons. The van der Waals surface area contributed by atoms with Gasteiger partial charge in [-0.3, -0.25) is 0 Å².